The average Bonchev–Trinajstić information content (AvgIpc) is 3.00. The van der Waals surface area contributed by atoms with E-state index in [1.807, 2.05) is 24.3 Å². The molecule has 0 bridgehead atoms. The quantitative estimate of drug-likeness (QED) is 0.920. The van der Waals surface area contributed by atoms with E-state index in [-0.39, 0.29) is 18.4 Å². The molecular weight excluding hydrogens is 273 g/mol. The largest absolute Gasteiger partial charge is 0.337 e. The van der Waals surface area contributed by atoms with Crippen molar-refractivity contribution < 1.29 is 4.52 Å². The Hall–Kier alpha value is -1.10. The van der Waals surface area contributed by atoms with Crippen molar-refractivity contribution in [2.75, 3.05) is 6.54 Å². The van der Waals surface area contributed by atoms with Crippen LogP contribution in [0.4, 0.5) is 0 Å². The normalized spacial score (nSPS) is 18.6. The van der Waals surface area contributed by atoms with Gasteiger partial charge in [0.2, 0.25) is 11.7 Å². The van der Waals surface area contributed by atoms with Gasteiger partial charge in [-0.1, -0.05) is 16.8 Å². The summed E-state index contributed by atoms with van der Waals surface area (Å²) in [7, 11) is 0. The molecule has 1 aliphatic heterocycles. The smallest absolute Gasteiger partial charge is 0.244 e. The molecule has 1 fully saturated rings. The molecule has 1 atom stereocenters. The molecule has 1 aromatic heterocycles. The summed E-state index contributed by atoms with van der Waals surface area (Å²) in [4.78, 5) is 4.41. The number of benzene rings is 1. The summed E-state index contributed by atoms with van der Waals surface area (Å²) in [5, 5.41) is 8.02. The first-order valence-corrected chi connectivity index (χ1v) is 6.03. The topological polar surface area (TPSA) is 51.0 Å². The molecule has 6 heteroatoms. The van der Waals surface area contributed by atoms with Crippen LogP contribution < -0.4 is 5.32 Å². The maximum atomic E-state index is 5.83. The van der Waals surface area contributed by atoms with E-state index in [9.17, 15) is 0 Å². The molecule has 96 valence electrons. The summed E-state index contributed by atoms with van der Waals surface area (Å²) in [5.74, 6) is 1.29. The summed E-state index contributed by atoms with van der Waals surface area (Å²) in [5.41, 5.74) is 0.919. The van der Waals surface area contributed by atoms with Gasteiger partial charge in [-0.25, -0.2) is 0 Å². The maximum Gasteiger partial charge on any atom is 0.244 e. The highest BCUT2D eigenvalue weighted by Crippen LogP contribution is 2.24. The Labute approximate surface area is 116 Å². The molecule has 0 saturated carbocycles. The van der Waals surface area contributed by atoms with Crippen molar-refractivity contribution in [3.05, 3.63) is 35.2 Å². The lowest BCUT2D eigenvalue weighted by Gasteiger charge is -2.01. The summed E-state index contributed by atoms with van der Waals surface area (Å²) in [6.45, 7) is 1.02. The monoisotopic (exact) mass is 285 g/mol. The van der Waals surface area contributed by atoms with Crippen LogP contribution >= 0.6 is 24.0 Å². The zero-order chi connectivity index (χ0) is 11.7. The van der Waals surface area contributed by atoms with Gasteiger partial charge in [0.15, 0.2) is 0 Å². The van der Waals surface area contributed by atoms with E-state index in [2.05, 4.69) is 15.5 Å². The van der Waals surface area contributed by atoms with Crippen molar-refractivity contribution in [3.8, 4) is 11.4 Å². The predicted octanol–water partition coefficient (Wildman–Crippen LogP) is 3.24. The van der Waals surface area contributed by atoms with Gasteiger partial charge < -0.3 is 9.84 Å². The Bertz CT molecular complexity index is 506. The van der Waals surface area contributed by atoms with Gasteiger partial charge in [0, 0.05) is 10.6 Å². The van der Waals surface area contributed by atoms with Crippen LogP contribution in [0.25, 0.3) is 11.4 Å². The van der Waals surface area contributed by atoms with Crippen LogP contribution in [0.2, 0.25) is 5.02 Å². The van der Waals surface area contributed by atoms with Crippen LogP contribution in [0.5, 0.6) is 0 Å². The van der Waals surface area contributed by atoms with Gasteiger partial charge in [-0.3, -0.25) is 0 Å². The Balaban J connectivity index is 0.00000120. The standard InChI is InChI=1S/C12H12ClN3O.ClH/c13-9-5-3-8(4-6-9)11-15-12(17-16-11)10-2-1-7-14-10;/h3-6,10,14H,1-2,7H2;1H. The third-order valence-electron chi connectivity index (χ3n) is 2.90. The van der Waals surface area contributed by atoms with Gasteiger partial charge in [-0.15, -0.1) is 12.4 Å². The molecule has 2 heterocycles. The van der Waals surface area contributed by atoms with E-state index in [0.717, 1.165) is 24.9 Å². The van der Waals surface area contributed by atoms with E-state index in [4.69, 9.17) is 16.1 Å². The number of rotatable bonds is 2. The minimum absolute atomic E-state index is 0. The first-order valence-electron chi connectivity index (χ1n) is 5.66. The number of nitrogens with zero attached hydrogens (tertiary/aromatic N) is 2. The highest BCUT2D eigenvalue weighted by atomic mass is 35.5. The molecule has 2 aromatic rings. The highest BCUT2D eigenvalue weighted by molar-refractivity contribution is 6.30. The zero-order valence-electron chi connectivity index (χ0n) is 9.60. The van der Waals surface area contributed by atoms with Crippen LogP contribution in [0.3, 0.4) is 0 Å². The Morgan fingerprint density at radius 2 is 2.06 bits per heavy atom. The first-order chi connectivity index (χ1) is 8.33. The molecule has 1 saturated heterocycles. The second-order valence-electron chi connectivity index (χ2n) is 4.11. The maximum absolute atomic E-state index is 5.83. The van der Waals surface area contributed by atoms with Crippen molar-refractivity contribution in [1.29, 1.82) is 0 Å². The fourth-order valence-corrected chi connectivity index (χ4v) is 2.11. The summed E-state index contributed by atoms with van der Waals surface area (Å²) >= 11 is 5.83. The van der Waals surface area contributed by atoms with Crippen LogP contribution in [0.1, 0.15) is 24.8 Å². The number of nitrogens with one attached hydrogen (secondary N) is 1. The number of hydrogen-bond donors (Lipinski definition) is 1. The summed E-state index contributed by atoms with van der Waals surface area (Å²) in [6.07, 6.45) is 2.21. The lowest BCUT2D eigenvalue weighted by atomic mass is 10.2. The van der Waals surface area contributed by atoms with E-state index in [1.54, 1.807) is 0 Å². The van der Waals surface area contributed by atoms with E-state index in [0.29, 0.717) is 16.7 Å². The molecule has 18 heavy (non-hydrogen) atoms. The molecule has 1 aromatic carbocycles. The van der Waals surface area contributed by atoms with Gasteiger partial charge in [-0.05, 0) is 43.7 Å². The molecule has 3 rings (SSSR count). The first kappa shape index (κ1) is 13.3. The van der Waals surface area contributed by atoms with Gasteiger partial charge in [0.1, 0.15) is 0 Å². The van der Waals surface area contributed by atoms with E-state index < -0.39 is 0 Å². The molecule has 1 unspecified atom stereocenters. The van der Waals surface area contributed by atoms with Crippen molar-refractivity contribution in [2.24, 2.45) is 0 Å². The Morgan fingerprint density at radius 3 is 2.72 bits per heavy atom. The van der Waals surface area contributed by atoms with Crippen LogP contribution in [-0.2, 0) is 0 Å². The fraction of sp³-hybridized carbons (Fsp3) is 0.333. The molecule has 0 radical (unpaired) electrons. The van der Waals surface area contributed by atoms with Crippen molar-refractivity contribution >= 4 is 24.0 Å². The van der Waals surface area contributed by atoms with Gasteiger partial charge in [0.05, 0.1) is 6.04 Å². The third kappa shape index (κ3) is 2.66. The molecule has 1 N–H and O–H groups in total. The second kappa shape index (κ2) is 5.69. The lowest BCUT2D eigenvalue weighted by molar-refractivity contribution is 0.345. The molecule has 0 aliphatic carbocycles. The average molecular weight is 286 g/mol. The zero-order valence-corrected chi connectivity index (χ0v) is 11.2. The second-order valence-corrected chi connectivity index (χ2v) is 4.55. The number of aromatic nitrogens is 2. The molecule has 1 aliphatic rings. The summed E-state index contributed by atoms with van der Waals surface area (Å²) < 4.78 is 5.28. The number of halogens is 2. The molecule has 4 nitrogen and oxygen atoms in total. The minimum Gasteiger partial charge on any atom is -0.337 e. The highest BCUT2D eigenvalue weighted by Gasteiger charge is 2.22. The van der Waals surface area contributed by atoms with Crippen LogP contribution in [0, 0.1) is 0 Å². The molecule has 0 amide bonds. The fourth-order valence-electron chi connectivity index (χ4n) is 1.99. The van der Waals surface area contributed by atoms with E-state index in [1.165, 1.54) is 0 Å². The number of hydrogen-bond acceptors (Lipinski definition) is 4. The summed E-state index contributed by atoms with van der Waals surface area (Å²) in [6, 6.07) is 7.63. The predicted molar refractivity (Wildman–Crippen MR) is 72.0 cm³/mol. The van der Waals surface area contributed by atoms with E-state index >= 15 is 0 Å². The van der Waals surface area contributed by atoms with Gasteiger partial charge >= 0.3 is 0 Å². The van der Waals surface area contributed by atoms with Crippen molar-refractivity contribution in [1.82, 2.24) is 15.5 Å². The molecular formula is C12H13Cl2N3O. The van der Waals surface area contributed by atoms with Crippen molar-refractivity contribution in [3.63, 3.8) is 0 Å². The van der Waals surface area contributed by atoms with Gasteiger partial charge in [0.25, 0.3) is 0 Å². The van der Waals surface area contributed by atoms with Crippen molar-refractivity contribution in [2.45, 2.75) is 18.9 Å². The van der Waals surface area contributed by atoms with Crippen LogP contribution in [-0.4, -0.2) is 16.7 Å². The molecule has 0 spiro atoms. The van der Waals surface area contributed by atoms with Gasteiger partial charge in [-0.2, -0.15) is 4.98 Å². The Morgan fingerprint density at radius 1 is 1.28 bits per heavy atom. The third-order valence-corrected chi connectivity index (χ3v) is 3.15. The Kier molecular flexibility index (Phi) is 4.22. The SMILES string of the molecule is Cl.Clc1ccc(-c2noc(C3CCCN3)n2)cc1. The van der Waals surface area contributed by atoms with Crippen LogP contribution in [0.15, 0.2) is 28.8 Å². The minimum atomic E-state index is 0. The lowest BCUT2D eigenvalue weighted by Crippen LogP contribution is -2.12.